The summed E-state index contributed by atoms with van der Waals surface area (Å²) in [6.45, 7) is 6.31. The summed E-state index contributed by atoms with van der Waals surface area (Å²) < 4.78 is 0. The topological polar surface area (TPSA) is 84.8 Å². The minimum Gasteiger partial charge on any atom is -0.390 e. The summed E-state index contributed by atoms with van der Waals surface area (Å²) in [5, 5.41) is 14.3. The number of hydrogen-bond donors (Lipinski definition) is 2. The zero-order valence-corrected chi connectivity index (χ0v) is 18.7. The van der Waals surface area contributed by atoms with Gasteiger partial charge in [-0.2, -0.15) is 4.98 Å². The fourth-order valence-corrected chi connectivity index (χ4v) is 5.22. The third-order valence-electron chi connectivity index (χ3n) is 7.11. The number of amides is 1. The number of likely N-dealkylation sites (tertiary alicyclic amines) is 1. The van der Waals surface area contributed by atoms with Gasteiger partial charge in [-0.3, -0.25) is 9.69 Å². The van der Waals surface area contributed by atoms with E-state index in [4.69, 9.17) is 4.98 Å². The van der Waals surface area contributed by atoms with Gasteiger partial charge in [-0.25, -0.2) is 4.98 Å². The molecule has 0 spiro atoms. The molecule has 1 amide bonds. The van der Waals surface area contributed by atoms with Crippen LogP contribution >= 0.6 is 0 Å². The van der Waals surface area contributed by atoms with Gasteiger partial charge in [-0.1, -0.05) is 24.3 Å². The number of carbonyl (C=O) groups excluding carboxylic acids is 1. The molecular formula is C24H32N6O2. The molecule has 8 heteroatoms. The highest BCUT2D eigenvalue weighted by atomic mass is 16.3. The maximum atomic E-state index is 11.5. The van der Waals surface area contributed by atoms with E-state index in [1.54, 1.807) is 13.1 Å². The standard InChI is InChI=1S/C24H32N6O2/c1-17(31)28-12-8-20(9-13-28)26-23-6-10-25-24(27-23)30-15-21(22(32)16-30)29-11-7-18-4-2-3-5-19(18)14-29/h2-6,10,20-22,32H,7-9,11-16H2,1H3,(H,25,26,27)/t21-,22-/m0/s1. The molecule has 2 saturated heterocycles. The predicted molar refractivity (Wildman–Crippen MR) is 123 cm³/mol. The second-order valence-electron chi connectivity index (χ2n) is 9.20. The van der Waals surface area contributed by atoms with Crippen LogP contribution in [-0.4, -0.2) is 81.7 Å². The fourth-order valence-electron chi connectivity index (χ4n) is 5.22. The van der Waals surface area contributed by atoms with E-state index in [0.29, 0.717) is 18.5 Å². The number of carbonyl (C=O) groups is 1. The Bertz CT molecular complexity index is 961. The highest BCUT2D eigenvalue weighted by Gasteiger charge is 2.37. The zero-order chi connectivity index (χ0) is 22.1. The van der Waals surface area contributed by atoms with Crippen molar-refractivity contribution in [3.8, 4) is 0 Å². The molecule has 32 heavy (non-hydrogen) atoms. The third kappa shape index (κ3) is 4.42. The van der Waals surface area contributed by atoms with Gasteiger partial charge in [0.05, 0.1) is 12.1 Å². The van der Waals surface area contributed by atoms with E-state index in [9.17, 15) is 9.90 Å². The first-order chi connectivity index (χ1) is 15.6. The van der Waals surface area contributed by atoms with Gasteiger partial charge in [0.15, 0.2) is 0 Å². The minimum atomic E-state index is -0.420. The summed E-state index contributed by atoms with van der Waals surface area (Å²) in [5.74, 6) is 1.61. The highest BCUT2D eigenvalue weighted by molar-refractivity contribution is 5.73. The van der Waals surface area contributed by atoms with Crippen LogP contribution in [0.2, 0.25) is 0 Å². The van der Waals surface area contributed by atoms with Crippen LogP contribution in [0.1, 0.15) is 30.9 Å². The van der Waals surface area contributed by atoms with Gasteiger partial charge in [0.1, 0.15) is 5.82 Å². The summed E-state index contributed by atoms with van der Waals surface area (Å²) in [7, 11) is 0. The molecule has 0 unspecified atom stereocenters. The van der Waals surface area contributed by atoms with Crippen molar-refractivity contribution in [1.82, 2.24) is 19.8 Å². The van der Waals surface area contributed by atoms with E-state index in [1.165, 1.54) is 11.1 Å². The van der Waals surface area contributed by atoms with Crippen molar-refractivity contribution in [2.24, 2.45) is 0 Å². The quantitative estimate of drug-likeness (QED) is 0.752. The number of rotatable bonds is 4. The largest absolute Gasteiger partial charge is 0.390 e. The number of fused-ring (bicyclic) bond motifs is 1. The normalized spacial score (nSPS) is 24.4. The van der Waals surface area contributed by atoms with Crippen LogP contribution in [0.4, 0.5) is 11.8 Å². The Morgan fingerprint density at radius 1 is 1.09 bits per heavy atom. The lowest BCUT2D eigenvalue weighted by Gasteiger charge is -2.34. The molecule has 4 heterocycles. The monoisotopic (exact) mass is 436 g/mol. The summed E-state index contributed by atoms with van der Waals surface area (Å²) in [6, 6.07) is 10.9. The maximum Gasteiger partial charge on any atom is 0.227 e. The Labute approximate surface area is 189 Å². The van der Waals surface area contributed by atoms with Crippen LogP contribution in [0.5, 0.6) is 0 Å². The van der Waals surface area contributed by atoms with Crippen molar-refractivity contribution in [2.75, 3.05) is 42.9 Å². The van der Waals surface area contributed by atoms with Gasteiger partial charge < -0.3 is 20.2 Å². The van der Waals surface area contributed by atoms with E-state index in [2.05, 4.69) is 44.4 Å². The molecule has 2 atom stereocenters. The molecule has 0 radical (unpaired) electrons. The summed E-state index contributed by atoms with van der Waals surface area (Å²) >= 11 is 0. The Morgan fingerprint density at radius 3 is 2.66 bits per heavy atom. The molecule has 2 N–H and O–H groups in total. The first kappa shape index (κ1) is 21.2. The molecule has 1 aromatic carbocycles. The van der Waals surface area contributed by atoms with Crippen LogP contribution in [0.25, 0.3) is 0 Å². The van der Waals surface area contributed by atoms with Crippen LogP contribution in [0.15, 0.2) is 36.5 Å². The predicted octanol–water partition coefficient (Wildman–Crippen LogP) is 1.51. The molecule has 0 bridgehead atoms. The van der Waals surface area contributed by atoms with Crippen LogP contribution in [0, 0.1) is 0 Å². The van der Waals surface area contributed by atoms with Gasteiger partial charge in [-0.15, -0.1) is 0 Å². The van der Waals surface area contributed by atoms with Crippen molar-refractivity contribution in [1.29, 1.82) is 0 Å². The van der Waals surface area contributed by atoms with Crippen molar-refractivity contribution in [3.63, 3.8) is 0 Å². The second kappa shape index (κ2) is 9.03. The lowest BCUT2D eigenvalue weighted by molar-refractivity contribution is -0.129. The molecule has 1 aromatic heterocycles. The van der Waals surface area contributed by atoms with Gasteiger partial charge in [0, 0.05) is 58.4 Å². The Kier molecular flexibility index (Phi) is 5.97. The van der Waals surface area contributed by atoms with E-state index >= 15 is 0 Å². The molecular weight excluding hydrogens is 404 g/mol. The first-order valence-electron chi connectivity index (χ1n) is 11.7. The van der Waals surface area contributed by atoms with Crippen LogP contribution < -0.4 is 10.2 Å². The van der Waals surface area contributed by atoms with Gasteiger partial charge in [-0.05, 0) is 36.5 Å². The van der Waals surface area contributed by atoms with Gasteiger partial charge in [0.2, 0.25) is 11.9 Å². The number of anilines is 2. The SMILES string of the molecule is CC(=O)N1CCC(Nc2ccnc(N3C[C@H](O)[C@@H](N4CCc5ccccc5C4)C3)n2)CC1. The highest BCUT2D eigenvalue weighted by Crippen LogP contribution is 2.27. The number of aromatic nitrogens is 2. The molecule has 2 aromatic rings. The average molecular weight is 437 g/mol. The molecule has 5 rings (SSSR count). The van der Waals surface area contributed by atoms with Gasteiger partial charge in [0.25, 0.3) is 0 Å². The number of aliphatic hydroxyl groups is 1. The molecule has 3 aliphatic heterocycles. The molecule has 0 saturated carbocycles. The fraction of sp³-hybridized carbons (Fsp3) is 0.542. The number of hydrogen-bond acceptors (Lipinski definition) is 7. The van der Waals surface area contributed by atoms with Gasteiger partial charge >= 0.3 is 0 Å². The van der Waals surface area contributed by atoms with E-state index in [1.807, 2.05) is 11.0 Å². The lowest BCUT2D eigenvalue weighted by Crippen LogP contribution is -2.45. The molecule has 170 valence electrons. The Balaban J connectivity index is 1.21. The number of aliphatic hydroxyl groups excluding tert-OH is 1. The van der Waals surface area contributed by atoms with E-state index in [0.717, 1.165) is 57.8 Å². The Hall–Kier alpha value is -2.71. The smallest absolute Gasteiger partial charge is 0.227 e. The van der Waals surface area contributed by atoms with Crippen molar-refractivity contribution < 1.29 is 9.90 Å². The summed E-state index contributed by atoms with van der Waals surface area (Å²) in [5.41, 5.74) is 2.78. The average Bonchev–Trinajstić information content (AvgIpc) is 3.21. The van der Waals surface area contributed by atoms with E-state index < -0.39 is 6.10 Å². The van der Waals surface area contributed by atoms with Crippen LogP contribution in [-0.2, 0) is 17.8 Å². The molecule has 3 aliphatic rings. The maximum absolute atomic E-state index is 11.5. The lowest BCUT2D eigenvalue weighted by atomic mass is 9.98. The number of β-amino-alcohol motifs (C(OH)–C–C–N with tert-alkyl or cyclic N) is 1. The summed E-state index contributed by atoms with van der Waals surface area (Å²) in [4.78, 5) is 27.2. The third-order valence-corrected chi connectivity index (χ3v) is 7.11. The van der Waals surface area contributed by atoms with E-state index in [-0.39, 0.29) is 11.9 Å². The van der Waals surface area contributed by atoms with Crippen molar-refractivity contribution in [3.05, 3.63) is 47.7 Å². The second-order valence-corrected chi connectivity index (χ2v) is 9.20. The van der Waals surface area contributed by atoms with Crippen molar-refractivity contribution >= 4 is 17.7 Å². The summed E-state index contributed by atoms with van der Waals surface area (Å²) in [6.07, 6.45) is 4.22. The number of benzene rings is 1. The molecule has 2 fully saturated rings. The minimum absolute atomic E-state index is 0.0829. The Morgan fingerprint density at radius 2 is 1.88 bits per heavy atom. The van der Waals surface area contributed by atoms with Crippen LogP contribution in [0.3, 0.4) is 0 Å². The molecule has 8 nitrogen and oxygen atoms in total. The zero-order valence-electron chi connectivity index (χ0n) is 18.7. The first-order valence-corrected chi connectivity index (χ1v) is 11.7. The number of piperidine rings is 1. The number of nitrogens with one attached hydrogen (secondary N) is 1. The molecule has 0 aliphatic carbocycles. The number of nitrogens with zero attached hydrogens (tertiary/aromatic N) is 5. The van der Waals surface area contributed by atoms with Crippen molar-refractivity contribution in [2.45, 2.75) is 50.9 Å².